The van der Waals surface area contributed by atoms with Crippen molar-refractivity contribution in [3.63, 3.8) is 0 Å². The van der Waals surface area contributed by atoms with Crippen molar-refractivity contribution in [3.8, 4) is 11.5 Å². The zero-order valence-electron chi connectivity index (χ0n) is 11.3. The molecular weight excluding hydrogens is 254 g/mol. The van der Waals surface area contributed by atoms with Crippen LogP contribution in [0.15, 0.2) is 35.1 Å². The van der Waals surface area contributed by atoms with E-state index >= 15 is 0 Å². The van der Waals surface area contributed by atoms with E-state index < -0.39 is 0 Å². The Kier molecular flexibility index (Phi) is 3.52. The Bertz CT molecular complexity index is 602. The van der Waals surface area contributed by atoms with Gasteiger partial charge in [0.15, 0.2) is 0 Å². The summed E-state index contributed by atoms with van der Waals surface area (Å²) in [5.74, 6) is 0.694. The second-order valence-electron chi connectivity index (χ2n) is 5.05. The van der Waals surface area contributed by atoms with Crippen LogP contribution in [-0.2, 0) is 4.79 Å². The molecule has 0 saturated carbocycles. The molecule has 3 rings (SSSR count). The maximum atomic E-state index is 12.1. The summed E-state index contributed by atoms with van der Waals surface area (Å²) in [5, 5.41) is 6.16. The molecular formula is C15H17N3O2. The first kappa shape index (κ1) is 12.9. The second-order valence-corrected chi connectivity index (χ2v) is 5.05. The number of aromatic nitrogens is 1. The molecule has 2 N–H and O–H groups in total. The Labute approximate surface area is 117 Å². The maximum absolute atomic E-state index is 12.1. The molecule has 104 valence electrons. The van der Waals surface area contributed by atoms with E-state index in [1.807, 2.05) is 25.1 Å². The van der Waals surface area contributed by atoms with Gasteiger partial charge in [0.1, 0.15) is 6.26 Å². The summed E-state index contributed by atoms with van der Waals surface area (Å²) < 4.78 is 5.33. The van der Waals surface area contributed by atoms with Crippen molar-refractivity contribution >= 4 is 11.6 Å². The van der Waals surface area contributed by atoms with E-state index in [0.29, 0.717) is 5.89 Å². The summed E-state index contributed by atoms with van der Waals surface area (Å²) in [5.41, 5.74) is 2.74. The number of carbonyl (C=O) groups is 1. The number of anilines is 1. The highest BCUT2D eigenvalue weighted by molar-refractivity contribution is 5.93. The van der Waals surface area contributed by atoms with Crippen LogP contribution in [0, 0.1) is 12.8 Å². The van der Waals surface area contributed by atoms with Crippen LogP contribution in [0.25, 0.3) is 11.5 Å². The Morgan fingerprint density at radius 1 is 1.50 bits per heavy atom. The number of nitrogens with zero attached hydrogens (tertiary/aromatic N) is 1. The van der Waals surface area contributed by atoms with Crippen LogP contribution >= 0.6 is 0 Å². The summed E-state index contributed by atoms with van der Waals surface area (Å²) in [6, 6.07) is 5.77. The fraction of sp³-hybridized carbons (Fsp3) is 0.333. The van der Waals surface area contributed by atoms with E-state index in [-0.39, 0.29) is 11.8 Å². The average molecular weight is 271 g/mol. The first-order valence-corrected chi connectivity index (χ1v) is 6.76. The number of amides is 1. The summed E-state index contributed by atoms with van der Waals surface area (Å²) in [7, 11) is 0. The molecule has 1 saturated heterocycles. The SMILES string of the molecule is Cc1ccc(NC(=O)C2CCNC2)cc1-c1ncco1. The van der Waals surface area contributed by atoms with E-state index in [9.17, 15) is 4.79 Å². The Hall–Kier alpha value is -2.14. The van der Waals surface area contributed by atoms with Crippen LogP contribution in [0.3, 0.4) is 0 Å². The molecule has 0 spiro atoms. The standard InChI is InChI=1S/C15H17N3O2/c1-10-2-3-12(8-13(10)15-17-6-7-20-15)18-14(19)11-4-5-16-9-11/h2-3,6-8,11,16H,4-5,9H2,1H3,(H,18,19). The van der Waals surface area contributed by atoms with Gasteiger partial charge in [-0.3, -0.25) is 4.79 Å². The predicted octanol–water partition coefficient (Wildman–Crippen LogP) is 2.20. The van der Waals surface area contributed by atoms with Crippen LogP contribution in [0.1, 0.15) is 12.0 Å². The molecule has 0 aliphatic carbocycles. The third kappa shape index (κ3) is 2.58. The zero-order chi connectivity index (χ0) is 13.9. The van der Waals surface area contributed by atoms with Crippen molar-refractivity contribution in [2.24, 2.45) is 5.92 Å². The molecule has 1 aromatic carbocycles. The van der Waals surface area contributed by atoms with Gasteiger partial charge in [-0.15, -0.1) is 0 Å². The molecule has 20 heavy (non-hydrogen) atoms. The first-order chi connectivity index (χ1) is 9.74. The molecule has 2 heterocycles. The van der Waals surface area contributed by atoms with Gasteiger partial charge < -0.3 is 15.1 Å². The summed E-state index contributed by atoms with van der Waals surface area (Å²) in [6.07, 6.45) is 4.05. The van der Waals surface area contributed by atoms with Crippen LogP contribution in [0.4, 0.5) is 5.69 Å². The first-order valence-electron chi connectivity index (χ1n) is 6.76. The van der Waals surface area contributed by atoms with Crippen LogP contribution in [0.5, 0.6) is 0 Å². The Morgan fingerprint density at radius 2 is 2.40 bits per heavy atom. The molecule has 0 bridgehead atoms. The van der Waals surface area contributed by atoms with Crippen molar-refractivity contribution in [3.05, 3.63) is 36.2 Å². The molecule has 1 atom stereocenters. The lowest BCUT2D eigenvalue weighted by Crippen LogP contribution is -2.24. The fourth-order valence-corrected chi connectivity index (χ4v) is 2.41. The van der Waals surface area contributed by atoms with Gasteiger partial charge in [-0.2, -0.15) is 0 Å². The molecule has 2 aromatic rings. The van der Waals surface area contributed by atoms with Gasteiger partial charge in [0.2, 0.25) is 11.8 Å². The van der Waals surface area contributed by atoms with Gasteiger partial charge in [0, 0.05) is 17.8 Å². The van der Waals surface area contributed by atoms with Crippen molar-refractivity contribution in [1.29, 1.82) is 0 Å². The van der Waals surface area contributed by atoms with Gasteiger partial charge in [-0.25, -0.2) is 4.98 Å². The molecule has 1 fully saturated rings. The number of rotatable bonds is 3. The van der Waals surface area contributed by atoms with Crippen molar-refractivity contribution in [2.75, 3.05) is 18.4 Å². The van der Waals surface area contributed by atoms with E-state index in [1.54, 1.807) is 12.5 Å². The highest BCUT2D eigenvalue weighted by Crippen LogP contribution is 2.25. The highest BCUT2D eigenvalue weighted by Gasteiger charge is 2.22. The van der Waals surface area contributed by atoms with Crippen molar-refractivity contribution in [1.82, 2.24) is 10.3 Å². The van der Waals surface area contributed by atoms with Crippen LogP contribution in [0.2, 0.25) is 0 Å². The molecule has 1 aliphatic rings. The summed E-state index contributed by atoms with van der Waals surface area (Å²) >= 11 is 0. The highest BCUT2D eigenvalue weighted by atomic mass is 16.3. The van der Waals surface area contributed by atoms with E-state index in [1.165, 1.54) is 0 Å². The van der Waals surface area contributed by atoms with Crippen LogP contribution < -0.4 is 10.6 Å². The molecule has 1 aliphatic heterocycles. The number of hydrogen-bond acceptors (Lipinski definition) is 4. The van der Waals surface area contributed by atoms with Crippen molar-refractivity contribution in [2.45, 2.75) is 13.3 Å². The minimum atomic E-state index is 0.0569. The quantitative estimate of drug-likeness (QED) is 0.898. The normalized spacial score (nSPS) is 18.1. The van der Waals surface area contributed by atoms with Crippen molar-refractivity contribution < 1.29 is 9.21 Å². The third-order valence-corrected chi connectivity index (χ3v) is 3.60. The lowest BCUT2D eigenvalue weighted by Gasteiger charge is -2.11. The predicted molar refractivity (Wildman–Crippen MR) is 76.3 cm³/mol. The largest absolute Gasteiger partial charge is 0.445 e. The minimum absolute atomic E-state index is 0.0569. The Balaban J connectivity index is 1.80. The number of nitrogens with one attached hydrogen (secondary N) is 2. The van der Waals surface area contributed by atoms with Gasteiger partial charge in [0.05, 0.1) is 12.1 Å². The van der Waals surface area contributed by atoms with Gasteiger partial charge in [0.25, 0.3) is 0 Å². The number of aryl methyl sites for hydroxylation is 1. The van der Waals surface area contributed by atoms with E-state index in [0.717, 1.165) is 36.3 Å². The summed E-state index contributed by atoms with van der Waals surface area (Å²) in [4.78, 5) is 16.3. The molecule has 1 amide bonds. The van der Waals surface area contributed by atoms with Gasteiger partial charge in [-0.05, 0) is 37.6 Å². The smallest absolute Gasteiger partial charge is 0.228 e. The average Bonchev–Trinajstić information content (AvgIpc) is 3.14. The summed E-state index contributed by atoms with van der Waals surface area (Å²) in [6.45, 7) is 3.66. The maximum Gasteiger partial charge on any atom is 0.228 e. The fourth-order valence-electron chi connectivity index (χ4n) is 2.41. The molecule has 1 unspecified atom stereocenters. The van der Waals surface area contributed by atoms with E-state index in [2.05, 4.69) is 15.6 Å². The molecule has 5 heteroatoms. The topological polar surface area (TPSA) is 67.2 Å². The number of oxazole rings is 1. The lowest BCUT2D eigenvalue weighted by atomic mass is 10.1. The Morgan fingerprint density at radius 3 is 3.10 bits per heavy atom. The number of hydrogen-bond donors (Lipinski definition) is 2. The third-order valence-electron chi connectivity index (χ3n) is 3.60. The molecule has 5 nitrogen and oxygen atoms in total. The van der Waals surface area contributed by atoms with Crippen LogP contribution in [-0.4, -0.2) is 24.0 Å². The number of carbonyl (C=O) groups excluding carboxylic acids is 1. The van der Waals surface area contributed by atoms with Gasteiger partial charge >= 0.3 is 0 Å². The second kappa shape index (κ2) is 5.46. The number of benzene rings is 1. The monoisotopic (exact) mass is 271 g/mol. The molecule has 0 radical (unpaired) electrons. The van der Waals surface area contributed by atoms with Gasteiger partial charge in [-0.1, -0.05) is 6.07 Å². The van der Waals surface area contributed by atoms with E-state index in [4.69, 9.17) is 4.42 Å². The minimum Gasteiger partial charge on any atom is -0.445 e. The molecule has 1 aromatic heterocycles. The zero-order valence-corrected chi connectivity index (χ0v) is 11.3. The lowest BCUT2D eigenvalue weighted by molar-refractivity contribution is -0.119.